The Morgan fingerprint density at radius 2 is 2.17 bits per heavy atom. The molecule has 0 spiro atoms. The van der Waals surface area contributed by atoms with Crippen LogP contribution in [0.15, 0.2) is 41.9 Å². The first kappa shape index (κ1) is 14.1. The lowest BCUT2D eigenvalue weighted by molar-refractivity contribution is -0.118. The van der Waals surface area contributed by atoms with Crippen molar-refractivity contribution in [2.45, 2.75) is 32.7 Å². The van der Waals surface area contributed by atoms with Crippen molar-refractivity contribution in [1.82, 2.24) is 14.8 Å². The number of ketones is 1. The predicted octanol–water partition coefficient (Wildman–Crippen LogP) is 3.08. The first-order valence-electron chi connectivity index (χ1n) is 7.63. The molecule has 4 rings (SSSR count). The molecule has 0 fully saturated rings. The summed E-state index contributed by atoms with van der Waals surface area (Å²) in [5, 5.41) is 7.47. The number of nitrogens with one attached hydrogen (secondary N) is 1. The van der Waals surface area contributed by atoms with Crippen molar-refractivity contribution in [1.29, 1.82) is 0 Å². The molecule has 23 heavy (non-hydrogen) atoms. The van der Waals surface area contributed by atoms with Crippen LogP contribution in [0.2, 0.25) is 0 Å². The summed E-state index contributed by atoms with van der Waals surface area (Å²) in [6, 6.07) is 5.90. The summed E-state index contributed by atoms with van der Waals surface area (Å²) in [5.74, 6) is 0.344. The van der Waals surface area contributed by atoms with Gasteiger partial charge in [-0.3, -0.25) is 4.79 Å². The number of carbonyl (C=O) groups excluding carboxylic acids is 1. The van der Waals surface area contributed by atoms with Gasteiger partial charge in [0, 0.05) is 17.7 Å². The van der Waals surface area contributed by atoms with E-state index in [2.05, 4.69) is 29.2 Å². The fourth-order valence-corrected chi connectivity index (χ4v) is 3.53. The summed E-state index contributed by atoms with van der Waals surface area (Å²) >= 11 is 0. The van der Waals surface area contributed by atoms with E-state index in [9.17, 15) is 9.18 Å². The Labute approximate surface area is 133 Å². The van der Waals surface area contributed by atoms with Crippen LogP contribution in [0.25, 0.3) is 0 Å². The zero-order valence-corrected chi connectivity index (χ0v) is 13.0. The Kier molecular flexibility index (Phi) is 2.91. The average Bonchev–Trinajstić information content (AvgIpc) is 2.91. The molecule has 6 heteroatoms. The minimum absolute atomic E-state index is 0.0826. The van der Waals surface area contributed by atoms with Gasteiger partial charge in [0.25, 0.3) is 0 Å². The smallest absolute Gasteiger partial charge is 0.226 e. The maximum Gasteiger partial charge on any atom is 0.226 e. The van der Waals surface area contributed by atoms with Gasteiger partial charge in [0.15, 0.2) is 5.78 Å². The topological polar surface area (TPSA) is 59.8 Å². The lowest BCUT2D eigenvalue weighted by Gasteiger charge is -2.38. The first-order chi connectivity index (χ1) is 10.9. The Hall–Kier alpha value is -2.50. The molecule has 1 atom stereocenters. The van der Waals surface area contributed by atoms with Gasteiger partial charge < -0.3 is 5.32 Å². The molecule has 1 N–H and O–H groups in total. The molecule has 0 unspecified atom stereocenters. The minimum atomic E-state index is -0.428. The summed E-state index contributed by atoms with van der Waals surface area (Å²) in [5.41, 5.74) is 2.16. The van der Waals surface area contributed by atoms with Gasteiger partial charge in [0.05, 0.1) is 0 Å². The second-order valence-corrected chi connectivity index (χ2v) is 6.94. The van der Waals surface area contributed by atoms with Crippen LogP contribution in [-0.4, -0.2) is 20.5 Å². The molecule has 2 aromatic rings. The van der Waals surface area contributed by atoms with Gasteiger partial charge in [0.1, 0.15) is 18.2 Å². The number of hydrogen-bond acceptors (Lipinski definition) is 4. The number of carbonyl (C=O) groups is 1. The molecule has 2 aliphatic rings. The van der Waals surface area contributed by atoms with E-state index >= 15 is 0 Å². The van der Waals surface area contributed by atoms with Crippen molar-refractivity contribution in [3.8, 4) is 0 Å². The molecule has 0 saturated heterocycles. The number of rotatable bonds is 1. The van der Waals surface area contributed by atoms with E-state index < -0.39 is 6.04 Å². The summed E-state index contributed by atoms with van der Waals surface area (Å²) in [6.07, 6.45) is 2.68. The fraction of sp³-hybridized carbons (Fsp3) is 0.353. The molecular formula is C17H17FN4O. The Morgan fingerprint density at radius 1 is 1.35 bits per heavy atom. The number of hydrogen-bond donors (Lipinski definition) is 1. The van der Waals surface area contributed by atoms with Crippen molar-refractivity contribution >= 4 is 11.7 Å². The number of fused-ring (bicyclic) bond motifs is 1. The second-order valence-electron chi connectivity index (χ2n) is 6.94. The fourth-order valence-electron chi connectivity index (χ4n) is 3.53. The van der Waals surface area contributed by atoms with Crippen molar-refractivity contribution in [2.75, 3.05) is 5.32 Å². The average molecular weight is 312 g/mol. The lowest BCUT2D eigenvalue weighted by atomic mass is 9.73. The number of benzene rings is 1. The molecule has 1 aromatic heterocycles. The van der Waals surface area contributed by atoms with Crippen molar-refractivity contribution in [3.05, 3.63) is 53.2 Å². The van der Waals surface area contributed by atoms with Gasteiger partial charge in [-0.1, -0.05) is 26.0 Å². The Balaban J connectivity index is 1.91. The molecule has 0 radical (unpaired) electrons. The van der Waals surface area contributed by atoms with Crippen LogP contribution in [0.5, 0.6) is 0 Å². The van der Waals surface area contributed by atoms with Crippen LogP contribution < -0.4 is 5.32 Å². The molecule has 118 valence electrons. The number of aromatic nitrogens is 3. The predicted molar refractivity (Wildman–Crippen MR) is 83.2 cm³/mol. The first-order valence-corrected chi connectivity index (χ1v) is 7.63. The molecule has 1 aliphatic carbocycles. The third-order valence-corrected chi connectivity index (χ3v) is 4.44. The zero-order chi connectivity index (χ0) is 16.2. The summed E-state index contributed by atoms with van der Waals surface area (Å²) in [4.78, 5) is 17.0. The third-order valence-electron chi connectivity index (χ3n) is 4.44. The highest BCUT2D eigenvalue weighted by molar-refractivity contribution is 6.00. The summed E-state index contributed by atoms with van der Waals surface area (Å²) in [7, 11) is 0. The number of halogens is 1. The van der Waals surface area contributed by atoms with E-state index in [0.717, 1.165) is 12.1 Å². The standard InChI is InChI=1S/C17H17FN4O/c1-17(2)7-12-14(13(23)8-17)15(10-4-3-5-11(18)6-10)22-16(21-12)19-9-20-22/h3-6,9,15H,7-8H2,1-2H3,(H,19,20,21)/t15-/m1/s1. The van der Waals surface area contributed by atoms with Gasteiger partial charge in [-0.15, -0.1) is 0 Å². The highest BCUT2D eigenvalue weighted by atomic mass is 19.1. The van der Waals surface area contributed by atoms with E-state index in [4.69, 9.17) is 0 Å². The number of nitrogens with zero attached hydrogens (tertiary/aromatic N) is 3. The highest BCUT2D eigenvalue weighted by Gasteiger charge is 2.41. The number of allylic oxidation sites excluding steroid dienone is 2. The van der Waals surface area contributed by atoms with E-state index in [1.54, 1.807) is 10.7 Å². The van der Waals surface area contributed by atoms with Crippen LogP contribution in [0.3, 0.4) is 0 Å². The number of Topliss-reactive ketones (excluding diaryl/α,β-unsaturated/α-hetero) is 1. The van der Waals surface area contributed by atoms with Crippen molar-refractivity contribution in [3.63, 3.8) is 0 Å². The van der Waals surface area contributed by atoms with Gasteiger partial charge >= 0.3 is 0 Å². The SMILES string of the molecule is CC1(C)CC(=O)C2=C(C1)Nc1ncnn1[C@@H]2c1cccc(F)c1. The van der Waals surface area contributed by atoms with Crippen LogP contribution in [-0.2, 0) is 4.79 Å². The Morgan fingerprint density at radius 3 is 2.96 bits per heavy atom. The van der Waals surface area contributed by atoms with Gasteiger partial charge in [-0.25, -0.2) is 9.07 Å². The van der Waals surface area contributed by atoms with Gasteiger partial charge in [-0.2, -0.15) is 10.1 Å². The summed E-state index contributed by atoms with van der Waals surface area (Å²) < 4.78 is 15.4. The minimum Gasteiger partial charge on any atom is -0.328 e. The molecule has 0 saturated carbocycles. The normalized spacial score (nSPS) is 22.4. The van der Waals surface area contributed by atoms with E-state index in [0.29, 0.717) is 23.5 Å². The molecule has 2 heterocycles. The van der Waals surface area contributed by atoms with E-state index in [1.807, 2.05) is 6.07 Å². The molecule has 5 nitrogen and oxygen atoms in total. The second kappa shape index (κ2) is 4.75. The van der Waals surface area contributed by atoms with Crippen molar-refractivity contribution in [2.24, 2.45) is 5.41 Å². The largest absolute Gasteiger partial charge is 0.328 e. The maximum absolute atomic E-state index is 13.7. The maximum atomic E-state index is 13.7. The quantitative estimate of drug-likeness (QED) is 0.879. The number of anilines is 1. The monoisotopic (exact) mass is 312 g/mol. The Bertz CT molecular complexity index is 837. The van der Waals surface area contributed by atoms with Crippen LogP contribution >= 0.6 is 0 Å². The molecule has 1 aromatic carbocycles. The lowest BCUT2D eigenvalue weighted by Crippen LogP contribution is -2.36. The van der Waals surface area contributed by atoms with E-state index in [1.165, 1.54) is 18.5 Å². The molecule has 1 aliphatic heterocycles. The van der Waals surface area contributed by atoms with Gasteiger partial charge in [0.2, 0.25) is 5.95 Å². The summed E-state index contributed by atoms with van der Waals surface area (Å²) in [6.45, 7) is 4.15. The highest BCUT2D eigenvalue weighted by Crippen LogP contribution is 2.45. The van der Waals surface area contributed by atoms with Gasteiger partial charge in [-0.05, 0) is 29.5 Å². The molecule has 0 amide bonds. The van der Waals surface area contributed by atoms with Crippen molar-refractivity contribution < 1.29 is 9.18 Å². The third kappa shape index (κ3) is 2.25. The molecule has 0 bridgehead atoms. The van der Waals surface area contributed by atoms with E-state index in [-0.39, 0.29) is 17.0 Å². The zero-order valence-electron chi connectivity index (χ0n) is 13.0. The van der Waals surface area contributed by atoms with Crippen LogP contribution in [0.4, 0.5) is 10.3 Å². The van der Waals surface area contributed by atoms with Crippen LogP contribution in [0.1, 0.15) is 38.3 Å². The van der Waals surface area contributed by atoms with Crippen LogP contribution in [0, 0.1) is 11.2 Å². The molecular weight excluding hydrogens is 295 g/mol.